The molecule has 0 radical (unpaired) electrons. The topological polar surface area (TPSA) is 56.5 Å². The predicted molar refractivity (Wildman–Crippen MR) is 103 cm³/mol. The maximum absolute atomic E-state index is 12.0. The van der Waals surface area contributed by atoms with Crippen LogP contribution in [0.1, 0.15) is 75.3 Å². The molecule has 140 valence electrons. The molecular weight excluding hydrogens is 326 g/mol. The first-order chi connectivity index (χ1) is 12.3. The van der Waals surface area contributed by atoms with Gasteiger partial charge in [-0.25, -0.2) is 14.3 Å². The van der Waals surface area contributed by atoms with Gasteiger partial charge in [0.25, 0.3) is 0 Å². The fourth-order valence-electron chi connectivity index (χ4n) is 3.70. The lowest BCUT2D eigenvalue weighted by Crippen LogP contribution is -2.22. The van der Waals surface area contributed by atoms with Crippen LogP contribution in [0.5, 0.6) is 0 Å². The van der Waals surface area contributed by atoms with Crippen molar-refractivity contribution in [2.24, 2.45) is 11.3 Å². The third-order valence-electron chi connectivity index (χ3n) is 5.36. The Morgan fingerprint density at radius 2 is 2.04 bits per heavy atom. The van der Waals surface area contributed by atoms with Crippen LogP contribution in [0, 0.1) is 11.3 Å². The van der Waals surface area contributed by atoms with Crippen molar-refractivity contribution in [1.29, 1.82) is 0 Å². The first kappa shape index (κ1) is 18.6. The van der Waals surface area contributed by atoms with Crippen molar-refractivity contribution in [2.45, 2.75) is 59.8 Å². The minimum Gasteiger partial charge on any atom is -0.461 e. The average molecular weight is 355 g/mol. The Morgan fingerprint density at radius 3 is 2.65 bits per heavy atom. The second-order valence-electron chi connectivity index (χ2n) is 8.24. The standard InChI is InChI=1S/C21H29N3O2/c1-6-26-20(25)17-13-19-22-16(12-18(14(2)3)24(19)23-17)11-15-7-9-21(4,5)10-8-15/h12-13,15H,2,6-11H2,1,3-5H3. The zero-order valence-electron chi connectivity index (χ0n) is 16.3. The Bertz CT molecular complexity index is 825. The molecule has 1 aliphatic rings. The molecule has 2 aromatic heterocycles. The number of ether oxygens (including phenoxy) is 1. The van der Waals surface area contributed by atoms with E-state index < -0.39 is 5.97 Å². The molecule has 0 N–H and O–H groups in total. The van der Waals surface area contributed by atoms with Gasteiger partial charge in [-0.05, 0) is 68.9 Å². The molecule has 1 saturated carbocycles. The monoisotopic (exact) mass is 355 g/mol. The normalized spacial score (nSPS) is 17.4. The Labute approximate surface area is 155 Å². The predicted octanol–water partition coefficient (Wildman–Crippen LogP) is 4.70. The molecule has 0 bridgehead atoms. The first-order valence-corrected chi connectivity index (χ1v) is 9.52. The van der Waals surface area contributed by atoms with Crippen LogP contribution in [0.3, 0.4) is 0 Å². The van der Waals surface area contributed by atoms with Gasteiger partial charge in [0.1, 0.15) is 0 Å². The van der Waals surface area contributed by atoms with E-state index in [0.29, 0.717) is 29.3 Å². The molecule has 0 unspecified atom stereocenters. The van der Waals surface area contributed by atoms with Gasteiger partial charge < -0.3 is 4.74 Å². The van der Waals surface area contributed by atoms with Gasteiger partial charge in [-0.3, -0.25) is 0 Å². The number of carbonyl (C=O) groups is 1. The number of hydrogen-bond donors (Lipinski definition) is 0. The van der Waals surface area contributed by atoms with E-state index in [1.807, 2.05) is 6.92 Å². The Hall–Kier alpha value is -2.17. The summed E-state index contributed by atoms with van der Waals surface area (Å²) in [6, 6.07) is 3.77. The minimum atomic E-state index is -0.415. The molecule has 0 atom stereocenters. The van der Waals surface area contributed by atoms with Crippen molar-refractivity contribution < 1.29 is 9.53 Å². The lowest BCUT2D eigenvalue weighted by Gasteiger charge is -2.34. The molecule has 2 aromatic rings. The second kappa shape index (κ2) is 7.22. The summed E-state index contributed by atoms with van der Waals surface area (Å²) >= 11 is 0. The molecule has 26 heavy (non-hydrogen) atoms. The zero-order valence-corrected chi connectivity index (χ0v) is 16.3. The number of nitrogens with zero attached hydrogens (tertiary/aromatic N) is 3. The largest absolute Gasteiger partial charge is 0.461 e. The summed E-state index contributed by atoms with van der Waals surface area (Å²) in [4.78, 5) is 16.8. The summed E-state index contributed by atoms with van der Waals surface area (Å²) in [5.74, 6) is 0.255. The number of hydrogen-bond acceptors (Lipinski definition) is 4. The summed E-state index contributed by atoms with van der Waals surface area (Å²) < 4.78 is 6.76. The van der Waals surface area contributed by atoms with Crippen LogP contribution in [0.4, 0.5) is 0 Å². The van der Waals surface area contributed by atoms with Crippen LogP contribution in [0.25, 0.3) is 11.2 Å². The Kier molecular flexibility index (Phi) is 5.17. The van der Waals surface area contributed by atoms with Crippen molar-refractivity contribution in [3.63, 3.8) is 0 Å². The van der Waals surface area contributed by atoms with E-state index in [1.54, 1.807) is 17.5 Å². The lowest BCUT2D eigenvalue weighted by molar-refractivity contribution is 0.0519. The number of esters is 1. The van der Waals surface area contributed by atoms with Crippen molar-refractivity contribution in [2.75, 3.05) is 6.61 Å². The number of fused-ring (bicyclic) bond motifs is 1. The van der Waals surface area contributed by atoms with Gasteiger partial charge in [-0.15, -0.1) is 0 Å². The van der Waals surface area contributed by atoms with Gasteiger partial charge >= 0.3 is 5.97 Å². The smallest absolute Gasteiger partial charge is 0.358 e. The second-order valence-corrected chi connectivity index (χ2v) is 8.24. The van der Waals surface area contributed by atoms with E-state index >= 15 is 0 Å². The molecular formula is C21H29N3O2. The van der Waals surface area contributed by atoms with E-state index in [4.69, 9.17) is 9.72 Å². The van der Waals surface area contributed by atoms with Gasteiger partial charge in [0.2, 0.25) is 0 Å². The molecule has 0 aromatic carbocycles. The summed E-state index contributed by atoms with van der Waals surface area (Å²) in [5.41, 5.74) is 4.30. The minimum absolute atomic E-state index is 0.290. The molecule has 2 heterocycles. The number of allylic oxidation sites excluding steroid dienone is 1. The van der Waals surface area contributed by atoms with Crippen LogP contribution in [0.15, 0.2) is 18.7 Å². The summed E-state index contributed by atoms with van der Waals surface area (Å²) in [5, 5.41) is 4.38. The first-order valence-electron chi connectivity index (χ1n) is 9.52. The number of aromatic nitrogens is 3. The molecule has 5 heteroatoms. The highest BCUT2D eigenvalue weighted by molar-refractivity contribution is 5.88. The van der Waals surface area contributed by atoms with Crippen LogP contribution in [0.2, 0.25) is 0 Å². The molecule has 0 saturated heterocycles. The van der Waals surface area contributed by atoms with Crippen molar-refractivity contribution >= 4 is 17.2 Å². The van der Waals surface area contributed by atoms with E-state index in [0.717, 1.165) is 23.4 Å². The highest BCUT2D eigenvalue weighted by atomic mass is 16.5. The Balaban J connectivity index is 1.89. The van der Waals surface area contributed by atoms with Gasteiger partial charge in [-0.1, -0.05) is 20.4 Å². The van der Waals surface area contributed by atoms with Gasteiger partial charge in [-0.2, -0.15) is 5.10 Å². The number of carbonyl (C=O) groups excluding carboxylic acids is 1. The van der Waals surface area contributed by atoms with Gasteiger partial charge in [0, 0.05) is 11.8 Å². The zero-order chi connectivity index (χ0) is 18.9. The highest BCUT2D eigenvalue weighted by Gasteiger charge is 2.27. The lowest BCUT2D eigenvalue weighted by atomic mass is 9.72. The fourth-order valence-corrected chi connectivity index (χ4v) is 3.70. The molecule has 0 amide bonds. The van der Waals surface area contributed by atoms with Crippen molar-refractivity contribution in [1.82, 2.24) is 14.6 Å². The van der Waals surface area contributed by atoms with Gasteiger partial charge in [0.05, 0.1) is 12.3 Å². The molecule has 0 spiro atoms. The average Bonchev–Trinajstić information content (AvgIpc) is 3.00. The maximum Gasteiger partial charge on any atom is 0.358 e. The van der Waals surface area contributed by atoms with E-state index in [-0.39, 0.29) is 0 Å². The third kappa shape index (κ3) is 3.97. The molecule has 0 aliphatic heterocycles. The SMILES string of the molecule is C=C(C)c1cc(CC2CCC(C)(C)CC2)nc2cc(C(=O)OCC)nn12. The summed E-state index contributed by atoms with van der Waals surface area (Å²) in [6.45, 7) is 12.9. The van der Waals surface area contributed by atoms with Gasteiger partial charge in [0.15, 0.2) is 11.3 Å². The van der Waals surface area contributed by atoms with Crippen LogP contribution in [-0.2, 0) is 11.2 Å². The van der Waals surface area contributed by atoms with E-state index in [9.17, 15) is 4.79 Å². The van der Waals surface area contributed by atoms with Crippen LogP contribution in [-0.4, -0.2) is 27.2 Å². The summed E-state index contributed by atoms with van der Waals surface area (Å²) in [7, 11) is 0. The number of rotatable bonds is 5. The maximum atomic E-state index is 12.0. The molecule has 5 nitrogen and oxygen atoms in total. The van der Waals surface area contributed by atoms with Crippen LogP contribution < -0.4 is 0 Å². The molecule has 3 rings (SSSR count). The Morgan fingerprint density at radius 1 is 1.35 bits per heavy atom. The quantitative estimate of drug-likeness (QED) is 0.730. The van der Waals surface area contributed by atoms with Crippen molar-refractivity contribution in [3.05, 3.63) is 35.8 Å². The van der Waals surface area contributed by atoms with Crippen LogP contribution >= 0.6 is 0 Å². The fraction of sp³-hybridized carbons (Fsp3) is 0.571. The summed E-state index contributed by atoms with van der Waals surface area (Å²) in [6.07, 6.45) is 6.00. The van der Waals surface area contributed by atoms with E-state index in [1.165, 1.54) is 25.7 Å². The third-order valence-corrected chi connectivity index (χ3v) is 5.36. The molecule has 1 aliphatic carbocycles. The molecule has 1 fully saturated rings. The van der Waals surface area contributed by atoms with E-state index in [2.05, 4.69) is 31.6 Å². The van der Waals surface area contributed by atoms with Crippen molar-refractivity contribution in [3.8, 4) is 0 Å². The highest BCUT2D eigenvalue weighted by Crippen LogP contribution is 2.39.